The van der Waals surface area contributed by atoms with Gasteiger partial charge >= 0.3 is 6.18 Å². The van der Waals surface area contributed by atoms with Crippen molar-refractivity contribution < 1.29 is 32.4 Å². The van der Waals surface area contributed by atoms with Crippen molar-refractivity contribution >= 4 is 17.7 Å². The van der Waals surface area contributed by atoms with Gasteiger partial charge in [0.1, 0.15) is 12.1 Å². The minimum Gasteiger partial charge on any atom is -0.337 e. The fraction of sp³-hybridized carbons (Fsp3) is 0.300. The fourth-order valence-corrected chi connectivity index (χ4v) is 4.56. The van der Waals surface area contributed by atoms with Crippen molar-refractivity contribution in [2.75, 3.05) is 26.2 Å². The maximum Gasteiger partial charge on any atom is 0.417 e. The van der Waals surface area contributed by atoms with Gasteiger partial charge in [-0.1, -0.05) is 60.7 Å². The third-order valence-electron chi connectivity index (χ3n) is 6.76. The molecular formula is C30H30F3N3O4. The first-order chi connectivity index (χ1) is 19.0. The van der Waals surface area contributed by atoms with Crippen molar-refractivity contribution in [3.05, 3.63) is 107 Å². The number of alkyl halides is 3. The first-order valence-electron chi connectivity index (χ1n) is 12.8. The Hall–Kier alpha value is -4.18. The van der Waals surface area contributed by atoms with Crippen molar-refractivity contribution in [3.8, 4) is 0 Å². The van der Waals surface area contributed by atoms with Crippen LogP contribution >= 0.6 is 0 Å². The molecule has 0 atom stereocenters. The third-order valence-corrected chi connectivity index (χ3v) is 6.76. The summed E-state index contributed by atoms with van der Waals surface area (Å²) in [4.78, 5) is 49.0. The first-order valence-corrected chi connectivity index (χ1v) is 12.8. The van der Waals surface area contributed by atoms with E-state index < -0.39 is 40.6 Å². The van der Waals surface area contributed by atoms with Crippen LogP contribution in [0.1, 0.15) is 45.7 Å². The summed E-state index contributed by atoms with van der Waals surface area (Å²) in [5, 5.41) is 1.08. The van der Waals surface area contributed by atoms with Gasteiger partial charge < -0.3 is 9.80 Å². The number of hydrogen-bond donors (Lipinski definition) is 0. The van der Waals surface area contributed by atoms with Gasteiger partial charge in [-0.2, -0.15) is 13.2 Å². The van der Waals surface area contributed by atoms with E-state index in [4.69, 9.17) is 4.84 Å². The molecule has 4 rings (SSSR count). The normalized spacial score (nSPS) is 14.1. The zero-order valence-corrected chi connectivity index (χ0v) is 22.2. The lowest BCUT2D eigenvalue weighted by atomic mass is 10.0. The molecule has 7 nitrogen and oxygen atoms in total. The summed E-state index contributed by atoms with van der Waals surface area (Å²) in [6.07, 6.45) is -4.66. The molecule has 0 aromatic heterocycles. The van der Waals surface area contributed by atoms with Crippen molar-refractivity contribution in [1.82, 2.24) is 14.9 Å². The maximum absolute atomic E-state index is 13.7. The molecule has 0 radical (unpaired) electrons. The second-order valence-corrected chi connectivity index (χ2v) is 9.91. The minimum absolute atomic E-state index is 0.0460. The van der Waals surface area contributed by atoms with Crippen LogP contribution in [0.4, 0.5) is 13.2 Å². The highest BCUT2D eigenvalue weighted by molar-refractivity contribution is 5.98. The topological polar surface area (TPSA) is 70.2 Å². The number of carbonyl (C=O) groups is 3. The molecule has 1 aliphatic heterocycles. The van der Waals surface area contributed by atoms with Gasteiger partial charge in [-0.05, 0) is 43.7 Å². The lowest BCUT2D eigenvalue weighted by molar-refractivity contribution is -0.197. The molecule has 3 aromatic rings. The molecule has 3 amide bonds. The van der Waals surface area contributed by atoms with Gasteiger partial charge in [-0.3, -0.25) is 19.2 Å². The molecule has 1 saturated heterocycles. The van der Waals surface area contributed by atoms with E-state index in [1.807, 2.05) is 30.3 Å². The van der Waals surface area contributed by atoms with E-state index in [0.717, 1.165) is 22.8 Å². The number of nitrogens with zero attached hydrogens (tertiary/aromatic N) is 3. The Morgan fingerprint density at radius 1 is 0.775 bits per heavy atom. The van der Waals surface area contributed by atoms with Crippen LogP contribution < -0.4 is 0 Å². The summed E-state index contributed by atoms with van der Waals surface area (Å²) in [5.74, 6) is -1.65. The molecule has 0 spiro atoms. The number of hydrogen-bond acceptors (Lipinski definition) is 4. The number of halogens is 3. The van der Waals surface area contributed by atoms with E-state index >= 15 is 0 Å². The van der Waals surface area contributed by atoms with Crippen LogP contribution in [0.25, 0.3) is 0 Å². The Kier molecular flexibility index (Phi) is 8.58. The van der Waals surface area contributed by atoms with Crippen LogP contribution in [-0.2, 0) is 22.4 Å². The van der Waals surface area contributed by atoms with E-state index in [2.05, 4.69) is 0 Å². The average Bonchev–Trinajstić information content (AvgIpc) is 2.97. The van der Waals surface area contributed by atoms with E-state index in [1.165, 1.54) is 21.9 Å². The standard InChI is InChI=1S/C30H30F3N3O4/c1-29(2,36(26(37)23-13-7-4-8-14-23)40-21-22-11-5-3-6-12-22)28(39)35-19-17-34(18-20-35)27(38)24-15-9-10-16-25(24)30(31,32)33/h3-16H,17-21H2,1-2H3. The molecule has 0 N–H and O–H groups in total. The van der Waals surface area contributed by atoms with Crippen molar-refractivity contribution in [1.29, 1.82) is 0 Å². The lowest BCUT2D eigenvalue weighted by Crippen LogP contribution is -2.61. The number of benzene rings is 3. The smallest absolute Gasteiger partial charge is 0.337 e. The van der Waals surface area contributed by atoms with E-state index in [0.29, 0.717) is 5.56 Å². The molecular weight excluding hydrogens is 523 g/mol. The van der Waals surface area contributed by atoms with E-state index in [1.54, 1.807) is 44.2 Å². The Bertz CT molecular complexity index is 1340. The Balaban J connectivity index is 1.49. The summed E-state index contributed by atoms with van der Waals surface area (Å²) in [5.41, 5.74) is -1.70. The Labute approximate surface area is 230 Å². The number of piperazine rings is 1. The summed E-state index contributed by atoms with van der Waals surface area (Å²) in [7, 11) is 0. The van der Waals surface area contributed by atoms with Crippen molar-refractivity contribution in [3.63, 3.8) is 0 Å². The van der Waals surface area contributed by atoms with Crippen molar-refractivity contribution in [2.24, 2.45) is 0 Å². The summed E-state index contributed by atoms with van der Waals surface area (Å²) in [6.45, 7) is 3.49. The number of rotatable bonds is 7. The minimum atomic E-state index is -4.66. The molecule has 1 heterocycles. The fourth-order valence-electron chi connectivity index (χ4n) is 4.56. The van der Waals surface area contributed by atoms with E-state index in [9.17, 15) is 27.6 Å². The molecule has 1 fully saturated rings. The van der Waals surface area contributed by atoms with Gasteiger partial charge in [0.25, 0.3) is 17.7 Å². The second-order valence-electron chi connectivity index (χ2n) is 9.91. The average molecular weight is 554 g/mol. The second kappa shape index (κ2) is 11.9. The highest BCUT2D eigenvalue weighted by Crippen LogP contribution is 2.32. The molecule has 0 bridgehead atoms. The Morgan fingerprint density at radius 3 is 1.90 bits per heavy atom. The van der Waals surface area contributed by atoms with Crippen LogP contribution in [0.15, 0.2) is 84.9 Å². The molecule has 0 saturated carbocycles. The summed E-state index contributed by atoms with van der Waals surface area (Å²) in [6, 6.07) is 22.3. The predicted octanol–water partition coefficient (Wildman–Crippen LogP) is 5.04. The largest absolute Gasteiger partial charge is 0.417 e. The highest BCUT2D eigenvalue weighted by atomic mass is 19.4. The number of hydroxylamine groups is 2. The quantitative estimate of drug-likeness (QED) is 0.385. The van der Waals surface area contributed by atoms with Gasteiger partial charge in [0.2, 0.25) is 0 Å². The van der Waals surface area contributed by atoms with Crippen LogP contribution in [-0.4, -0.2) is 64.3 Å². The van der Waals surface area contributed by atoms with Crippen LogP contribution in [0.2, 0.25) is 0 Å². The molecule has 1 aliphatic rings. The summed E-state index contributed by atoms with van der Waals surface area (Å²) >= 11 is 0. The van der Waals surface area contributed by atoms with Crippen LogP contribution in [0.5, 0.6) is 0 Å². The molecule has 210 valence electrons. The third kappa shape index (κ3) is 6.34. The van der Waals surface area contributed by atoms with Gasteiger partial charge in [-0.15, -0.1) is 0 Å². The predicted molar refractivity (Wildman–Crippen MR) is 142 cm³/mol. The monoisotopic (exact) mass is 553 g/mol. The SMILES string of the molecule is CC(C)(C(=O)N1CCN(C(=O)c2ccccc2C(F)(F)F)CC1)N(OCc1ccccc1)C(=O)c1ccccc1. The van der Waals surface area contributed by atoms with Crippen LogP contribution in [0, 0.1) is 0 Å². The first kappa shape index (κ1) is 28.8. The number of amides is 3. The van der Waals surface area contributed by atoms with Gasteiger partial charge in [0, 0.05) is 31.7 Å². The van der Waals surface area contributed by atoms with Gasteiger partial charge in [-0.25, -0.2) is 5.06 Å². The molecule has 0 unspecified atom stereocenters. The summed E-state index contributed by atoms with van der Waals surface area (Å²) < 4.78 is 40.3. The maximum atomic E-state index is 13.7. The zero-order valence-electron chi connectivity index (χ0n) is 22.2. The zero-order chi connectivity index (χ0) is 28.9. The Morgan fingerprint density at radius 2 is 1.30 bits per heavy atom. The molecule has 40 heavy (non-hydrogen) atoms. The highest BCUT2D eigenvalue weighted by Gasteiger charge is 2.43. The lowest BCUT2D eigenvalue weighted by Gasteiger charge is -2.42. The number of carbonyl (C=O) groups excluding carboxylic acids is 3. The molecule has 3 aromatic carbocycles. The molecule has 0 aliphatic carbocycles. The molecule has 10 heteroatoms. The van der Waals surface area contributed by atoms with Gasteiger partial charge in [0.05, 0.1) is 11.1 Å². The van der Waals surface area contributed by atoms with Gasteiger partial charge in [0.15, 0.2) is 0 Å². The van der Waals surface area contributed by atoms with Crippen molar-refractivity contribution in [2.45, 2.75) is 32.2 Å². The van der Waals surface area contributed by atoms with E-state index in [-0.39, 0.29) is 32.8 Å². The van der Waals surface area contributed by atoms with Crippen LogP contribution in [0.3, 0.4) is 0 Å².